The molecule has 1 N–H and O–H groups in total. The van der Waals surface area contributed by atoms with Gasteiger partial charge in [0, 0.05) is 6.54 Å². The highest BCUT2D eigenvalue weighted by Crippen LogP contribution is 2.29. The molecule has 0 radical (unpaired) electrons. The average molecular weight is 392 g/mol. The number of hydrogen-bond acceptors (Lipinski definition) is 3. The molecule has 0 aliphatic heterocycles. The van der Waals surface area contributed by atoms with E-state index in [1.165, 1.54) is 48.8 Å². The fourth-order valence-electron chi connectivity index (χ4n) is 2.96. The molecule has 0 unspecified atom stereocenters. The van der Waals surface area contributed by atoms with Gasteiger partial charge in [0.2, 0.25) is 0 Å². The number of rotatable bonds is 12. The third kappa shape index (κ3) is 8.23. The SMILES string of the molecule is CCCCCCCNCc1ccc(OCc2ccccc2C)c(OC)c1.Cl. The van der Waals surface area contributed by atoms with Gasteiger partial charge in [0.25, 0.3) is 0 Å². The normalized spacial score (nSPS) is 10.3. The maximum absolute atomic E-state index is 5.99. The minimum absolute atomic E-state index is 0. The fourth-order valence-corrected chi connectivity index (χ4v) is 2.96. The minimum atomic E-state index is 0. The monoisotopic (exact) mass is 391 g/mol. The quantitative estimate of drug-likeness (QED) is 0.446. The molecule has 27 heavy (non-hydrogen) atoms. The van der Waals surface area contributed by atoms with Crippen LogP contribution < -0.4 is 14.8 Å². The van der Waals surface area contributed by atoms with E-state index in [0.717, 1.165) is 24.6 Å². The van der Waals surface area contributed by atoms with E-state index in [1.54, 1.807) is 7.11 Å². The Morgan fingerprint density at radius 3 is 2.44 bits per heavy atom. The lowest BCUT2D eigenvalue weighted by Gasteiger charge is -2.13. The second-order valence-corrected chi connectivity index (χ2v) is 6.79. The number of aryl methyl sites for hydroxylation is 1. The molecule has 2 rings (SSSR count). The van der Waals surface area contributed by atoms with Crippen LogP contribution in [0.4, 0.5) is 0 Å². The number of hydrogen-bond donors (Lipinski definition) is 1. The van der Waals surface area contributed by atoms with Gasteiger partial charge in [-0.1, -0.05) is 62.9 Å². The number of nitrogens with one attached hydrogen (secondary N) is 1. The second kappa shape index (κ2) is 13.5. The number of unbranched alkanes of at least 4 members (excludes halogenated alkanes) is 4. The molecule has 0 atom stereocenters. The number of methoxy groups -OCH3 is 1. The van der Waals surface area contributed by atoms with E-state index >= 15 is 0 Å². The molecule has 0 fully saturated rings. The molecule has 150 valence electrons. The summed E-state index contributed by atoms with van der Waals surface area (Å²) in [5.74, 6) is 1.58. The van der Waals surface area contributed by atoms with Gasteiger partial charge in [0.1, 0.15) is 6.61 Å². The predicted octanol–water partition coefficient (Wildman–Crippen LogP) is 6.06. The van der Waals surface area contributed by atoms with E-state index < -0.39 is 0 Å². The zero-order valence-corrected chi connectivity index (χ0v) is 17.7. The minimum Gasteiger partial charge on any atom is -0.493 e. The molecule has 0 saturated carbocycles. The van der Waals surface area contributed by atoms with Crippen molar-refractivity contribution >= 4 is 12.4 Å². The van der Waals surface area contributed by atoms with Crippen LogP contribution in [-0.4, -0.2) is 13.7 Å². The Hall–Kier alpha value is -1.71. The van der Waals surface area contributed by atoms with E-state index in [-0.39, 0.29) is 12.4 Å². The van der Waals surface area contributed by atoms with E-state index in [2.05, 4.69) is 43.4 Å². The van der Waals surface area contributed by atoms with Crippen molar-refractivity contribution in [3.05, 3.63) is 59.2 Å². The van der Waals surface area contributed by atoms with Gasteiger partial charge < -0.3 is 14.8 Å². The first-order chi connectivity index (χ1) is 12.7. The molecule has 2 aromatic carbocycles. The number of ether oxygens (including phenoxy) is 2. The van der Waals surface area contributed by atoms with Crippen LogP contribution in [0.5, 0.6) is 11.5 Å². The van der Waals surface area contributed by atoms with Crippen LogP contribution in [0.3, 0.4) is 0 Å². The first-order valence-electron chi connectivity index (χ1n) is 9.79. The Morgan fingerprint density at radius 2 is 1.70 bits per heavy atom. The molecular weight excluding hydrogens is 358 g/mol. The average Bonchev–Trinajstić information content (AvgIpc) is 2.67. The van der Waals surface area contributed by atoms with Crippen LogP contribution >= 0.6 is 12.4 Å². The van der Waals surface area contributed by atoms with Crippen molar-refractivity contribution in [1.29, 1.82) is 0 Å². The maximum Gasteiger partial charge on any atom is 0.161 e. The summed E-state index contributed by atoms with van der Waals surface area (Å²) in [5, 5.41) is 3.52. The summed E-state index contributed by atoms with van der Waals surface area (Å²) < 4.78 is 11.5. The molecular formula is C23H34ClNO2. The highest BCUT2D eigenvalue weighted by molar-refractivity contribution is 5.85. The Bertz CT molecular complexity index is 661. The summed E-state index contributed by atoms with van der Waals surface area (Å²) in [6.45, 7) is 6.84. The van der Waals surface area contributed by atoms with Crippen LogP contribution in [0.15, 0.2) is 42.5 Å². The van der Waals surface area contributed by atoms with E-state index in [1.807, 2.05) is 18.2 Å². The molecule has 0 aromatic heterocycles. The van der Waals surface area contributed by atoms with Crippen molar-refractivity contribution in [1.82, 2.24) is 5.32 Å². The first-order valence-corrected chi connectivity index (χ1v) is 9.79. The van der Waals surface area contributed by atoms with Crippen LogP contribution in [0.25, 0.3) is 0 Å². The summed E-state index contributed by atoms with van der Waals surface area (Å²) >= 11 is 0. The third-order valence-electron chi connectivity index (χ3n) is 4.66. The molecule has 4 heteroatoms. The smallest absolute Gasteiger partial charge is 0.161 e. The molecule has 0 saturated heterocycles. The van der Waals surface area contributed by atoms with Gasteiger partial charge in [0.05, 0.1) is 7.11 Å². The Balaban J connectivity index is 0.00000364. The van der Waals surface area contributed by atoms with Gasteiger partial charge in [-0.2, -0.15) is 0 Å². The van der Waals surface area contributed by atoms with Crippen molar-refractivity contribution in [2.75, 3.05) is 13.7 Å². The zero-order valence-electron chi connectivity index (χ0n) is 16.9. The standard InChI is InChI=1S/C23H33NO2.ClH/c1-4-5-6-7-10-15-24-17-20-13-14-22(23(16-20)25-3)26-18-21-12-9-8-11-19(21)2;/h8-9,11-14,16,24H,4-7,10,15,17-18H2,1-3H3;1H. The Labute approximate surface area is 170 Å². The topological polar surface area (TPSA) is 30.5 Å². The van der Waals surface area contributed by atoms with Gasteiger partial charge in [-0.25, -0.2) is 0 Å². The van der Waals surface area contributed by atoms with E-state index in [9.17, 15) is 0 Å². The van der Waals surface area contributed by atoms with Crippen molar-refractivity contribution < 1.29 is 9.47 Å². The van der Waals surface area contributed by atoms with Crippen LogP contribution in [0.1, 0.15) is 55.7 Å². The summed E-state index contributed by atoms with van der Waals surface area (Å²) in [4.78, 5) is 0. The van der Waals surface area contributed by atoms with Gasteiger partial charge in [-0.05, 0) is 48.7 Å². The summed E-state index contributed by atoms with van der Waals surface area (Å²) in [5.41, 5.74) is 3.66. The van der Waals surface area contributed by atoms with Crippen molar-refractivity contribution in [3.8, 4) is 11.5 Å². The third-order valence-corrected chi connectivity index (χ3v) is 4.66. The largest absolute Gasteiger partial charge is 0.493 e. The van der Waals surface area contributed by atoms with Crippen LogP contribution in [0, 0.1) is 6.92 Å². The molecule has 3 nitrogen and oxygen atoms in total. The zero-order chi connectivity index (χ0) is 18.6. The molecule has 0 heterocycles. The highest BCUT2D eigenvalue weighted by atomic mass is 35.5. The lowest BCUT2D eigenvalue weighted by Crippen LogP contribution is -2.14. The van der Waals surface area contributed by atoms with Crippen molar-refractivity contribution in [2.45, 2.75) is 59.1 Å². The van der Waals surface area contributed by atoms with Crippen LogP contribution in [0.2, 0.25) is 0 Å². The highest BCUT2D eigenvalue weighted by Gasteiger charge is 2.07. The number of benzene rings is 2. The van der Waals surface area contributed by atoms with Gasteiger partial charge in [-0.3, -0.25) is 0 Å². The second-order valence-electron chi connectivity index (χ2n) is 6.79. The van der Waals surface area contributed by atoms with Crippen molar-refractivity contribution in [2.24, 2.45) is 0 Å². The molecule has 0 spiro atoms. The van der Waals surface area contributed by atoms with E-state index in [4.69, 9.17) is 9.47 Å². The Kier molecular flexibility index (Phi) is 11.6. The molecule has 0 aliphatic rings. The van der Waals surface area contributed by atoms with E-state index in [0.29, 0.717) is 6.61 Å². The predicted molar refractivity (Wildman–Crippen MR) is 116 cm³/mol. The van der Waals surface area contributed by atoms with Crippen LogP contribution in [-0.2, 0) is 13.2 Å². The summed E-state index contributed by atoms with van der Waals surface area (Å²) in [6, 6.07) is 14.5. The molecule has 0 aliphatic carbocycles. The maximum atomic E-state index is 5.99. The fraction of sp³-hybridized carbons (Fsp3) is 0.478. The summed E-state index contributed by atoms with van der Waals surface area (Å²) in [7, 11) is 1.70. The molecule has 0 amide bonds. The summed E-state index contributed by atoms with van der Waals surface area (Å²) in [6.07, 6.45) is 6.55. The molecule has 2 aromatic rings. The number of halogens is 1. The van der Waals surface area contributed by atoms with Gasteiger partial charge in [-0.15, -0.1) is 12.4 Å². The first kappa shape index (κ1) is 23.3. The van der Waals surface area contributed by atoms with Gasteiger partial charge in [0.15, 0.2) is 11.5 Å². The lowest BCUT2D eigenvalue weighted by molar-refractivity contribution is 0.283. The molecule has 0 bridgehead atoms. The van der Waals surface area contributed by atoms with Crippen molar-refractivity contribution in [3.63, 3.8) is 0 Å². The Morgan fingerprint density at radius 1 is 0.926 bits per heavy atom. The lowest BCUT2D eigenvalue weighted by atomic mass is 10.1. The van der Waals surface area contributed by atoms with Gasteiger partial charge >= 0.3 is 0 Å².